The lowest BCUT2D eigenvalue weighted by molar-refractivity contribution is -0.131. The number of hydrogen-bond donors (Lipinski definition) is 0. The van der Waals surface area contributed by atoms with Crippen LogP contribution in [0, 0.1) is 0 Å². The maximum absolute atomic E-state index is 13.3. The van der Waals surface area contributed by atoms with E-state index in [1.165, 1.54) is 0 Å². The van der Waals surface area contributed by atoms with Crippen LogP contribution in [-0.4, -0.2) is 28.5 Å². The minimum atomic E-state index is -0.0479. The number of fused-ring (bicyclic) bond motifs is 1. The molecule has 0 radical (unpaired) electrons. The second kappa shape index (κ2) is 9.72. The smallest absolute Gasteiger partial charge is 0.242 e. The van der Waals surface area contributed by atoms with E-state index >= 15 is 0 Å². The number of carbonyl (C=O) groups excluding carboxylic acids is 1. The van der Waals surface area contributed by atoms with Gasteiger partial charge in [-0.1, -0.05) is 60.1 Å². The molecule has 0 aliphatic carbocycles. The van der Waals surface area contributed by atoms with Crippen LogP contribution in [0.5, 0.6) is 0 Å². The van der Waals surface area contributed by atoms with Crippen molar-refractivity contribution in [3.05, 3.63) is 67.8 Å². The summed E-state index contributed by atoms with van der Waals surface area (Å²) in [5, 5.41) is 0.598. The van der Waals surface area contributed by atoms with Crippen molar-refractivity contribution in [2.45, 2.75) is 33.2 Å². The lowest BCUT2D eigenvalue weighted by Crippen LogP contribution is -2.35. The van der Waals surface area contributed by atoms with E-state index in [0.717, 1.165) is 41.5 Å². The first kappa shape index (κ1) is 21.8. The second-order valence-corrected chi connectivity index (χ2v) is 8.66. The SMILES string of the molecule is CCCN(CCC)C(=O)Cn1c(Br)c(-c2ccccc2)c(=O)c2ccc(Br)cc21. The number of nitrogens with zero attached hydrogens (tertiary/aromatic N) is 2. The molecule has 4 nitrogen and oxygen atoms in total. The van der Waals surface area contributed by atoms with Crippen molar-refractivity contribution in [3.8, 4) is 11.1 Å². The summed E-state index contributed by atoms with van der Waals surface area (Å²) < 4.78 is 3.40. The van der Waals surface area contributed by atoms with Gasteiger partial charge in [-0.05, 0) is 52.5 Å². The fourth-order valence-electron chi connectivity index (χ4n) is 3.54. The summed E-state index contributed by atoms with van der Waals surface area (Å²) in [4.78, 5) is 28.3. The zero-order valence-electron chi connectivity index (χ0n) is 16.6. The average molecular weight is 520 g/mol. The van der Waals surface area contributed by atoms with E-state index in [1.807, 2.05) is 58.0 Å². The molecule has 1 heterocycles. The summed E-state index contributed by atoms with van der Waals surface area (Å²) in [5.41, 5.74) is 2.09. The maximum atomic E-state index is 13.3. The van der Waals surface area contributed by atoms with E-state index in [4.69, 9.17) is 0 Å². The molecule has 29 heavy (non-hydrogen) atoms. The van der Waals surface area contributed by atoms with Crippen LogP contribution in [0.3, 0.4) is 0 Å². The molecule has 0 saturated carbocycles. The Hall–Kier alpha value is -1.92. The summed E-state index contributed by atoms with van der Waals surface area (Å²) in [7, 11) is 0. The fourth-order valence-corrected chi connectivity index (χ4v) is 4.61. The molecule has 0 fully saturated rings. The lowest BCUT2D eigenvalue weighted by atomic mass is 10.0. The third kappa shape index (κ3) is 4.64. The molecule has 0 aliphatic rings. The highest BCUT2D eigenvalue weighted by Gasteiger charge is 2.20. The summed E-state index contributed by atoms with van der Waals surface area (Å²) in [6, 6.07) is 15.1. The highest BCUT2D eigenvalue weighted by molar-refractivity contribution is 9.10. The molecule has 0 spiro atoms. The zero-order valence-corrected chi connectivity index (χ0v) is 19.8. The Bertz CT molecular complexity index is 1070. The Labute approximate surface area is 187 Å². The number of hydrogen-bond acceptors (Lipinski definition) is 2. The van der Waals surface area contributed by atoms with Gasteiger partial charge in [-0.25, -0.2) is 0 Å². The minimum absolute atomic E-state index is 0.0479. The van der Waals surface area contributed by atoms with Gasteiger partial charge in [0.2, 0.25) is 5.91 Å². The predicted octanol–water partition coefficient (Wildman–Crippen LogP) is 5.84. The quantitative estimate of drug-likeness (QED) is 0.368. The number of amides is 1. The molecule has 2 aromatic carbocycles. The van der Waals surface area contributed by atoms with Crippen LogP contribution in [0.15, 0.2) is 62.4 Å². The Balaban J connectivity index is 2.21. The zero-order chi connectivity index (χ0) is 21.0. The predicted molar refractivity (Wildman–Crippen MR) is 126 cm³/mol. The molecule has 0 N–H and O–H groups in total. The standard InChI is InChI=1S/C23H24Br2N2O2/c1-3-12-26(13-4-2)20(28)15-27-19-14-17(24)10-11-18(19)22(29)21(23(27)25)16-8-6-5-7-9-16/h5-11,14H,3-4,12-13,15H2,1-2H3. The van der Waals surface area contributed by atoms with Crippen molar-refractivity contribution < 1.29 is 4.79 Å². The summed E-state index contributed by atoms with van der Waals surface area (Å²) in [6.07, 6.45) is 1.83. The molecule has 0 saturated heterocycles. The summed E-state index contributed by atoms with van der Waals surface area (Å²) in [5.74, 6) is 0.0540. The Morgan fingerprint density at radius 3 is 2.28 bits per heavy atom. The number of aromatic nitrogens is 1. The highest BCUT2D eigenvalue weighted by Crippen LogP contribution is 2.30. The van der Waals surface area contributed by atoms with Gasteiger partial charge in [-0.2, -0.15) is 0 Å². The van der Waals surface area contributed by atoms with Crippen molar-refractivity contribution in [2.75, 3.05) is 13.1 Å². The van der Waals surface area contributed by atoms with Gasteiger partial charge in [0.25, 0.3) is 0 Å². The van der Waals surface area contributed by atoms with Crippen LogP contribution in [0.25, 0.3) is 22.0 Å². The van der Waals surface area contributed by atoms with Crippen molar-refractivity contribution in [3.63, 3.8) is 0 Å². The molecule has 1 amide bonds. The largest absolute Gasteiger partial charge is 0.341 e. The van der Waals surface area contributed by atoms with E-state index in [1.54, 1.807) is 0 Å². The topological polar surface area (TPSA) is 42.3 Å². The molecule has 3 rings (SSSR count). The normalized spacial score (nSPS) is 11.0. The first-order chi connectivity index (χ1) is 14.0. The third-order valence-electron chi connectivity index (χ3n) is 4.86. The number of carbonyl (C=O) groups is 1. The van der Waals surface area contributed by atoms with E-state index in [-0.39, 0.29) is 17.9 Å². The number of benzene rings is 2. The van der Waals surface area contributed by atoms with Gasteiger partial charge in [-0.3, -0.25) is 9.59 Å². The van der Waals surface area contributed by atoms with Gasteiger partial charge in [-0.15, -0.1) is 0 Å². The van der Waals surface area contributed by atoms with Crippen molar-refractivity contribution in [2.24, 2.45) is 0 Å². The van der Waals surface area contributed by atoms with E-state index < -0.39 is 0 Å². The Morgan fingerprint density at radius 2 is 1.66 bits per heavy atom. The van der Waals surface area contributed by atoms with Gasteiger partial charge in [0.15, 0.2) is 5.43 Å². The monoisotopic (exact) mass is 518 g/mol. The van der Waals surface area contributed by atoms with Crippen molar-refractivity contribution >= 4 is 48.7 Å². The van der Waals surface area contributed by atoms with Crippen molar-refractivity contribution in [1.82, 2.24) is 9.47 Å². The molecule has 0 bridgehead atoms. The average Bonchev–Trinajstić information content (AvgIpc) is 2.71. The van der Waals surface area contributed by atoms with Crippen LogP contribution in [0.4, 0.5) is 0 Å². The van der Waals surface area contributed by atoms with E-state index in [2.05, 4.69) is 45.7 Å². The van der Waals surface area contributed by atoms with E-state index in [0.29, 0.717) is 15.6 Å². The molecule has 6 heteroatoms. The molecule has 0 aliphatic heterocycles. The maximum Gasteiger partial charge on any atom is 0.242 e. The molecule has 0 unspecified atom stereocenters. The lowest BCUT2D eigenvalue weighted by Gasteiger charge is -2.24. The number of rotatable bonds is 7. The third-order valence-corrected chi connectivity index (χ3v) is 6.18. The summed E-state index contributed by atoms with van der Waals surface area (Å²) >= 11 is 7.15. The first-order valence-corrected chi connectivity index (χ1v) is 11.4. The molecule has 3 aromatic rings. The molecular weight excluding hydrogens is 496 g/mol. The molecular formula is C23H24Br2N2O2. The highest BCUT2D eigenvalue weighted by atomic mass is 79.9. The van der Waals surface area contributed by atoms with Crippen LogP contribution >= 0.6 is 31.9 Å². The second-order valence-electron chi connectivity index (χ2n) is 6.99. The number of halogens is 2. The Kier molecular flexibility index (Phi) is 7.30. The fraction of sp³-hybridized carbons (Fsp3) is 0.304. The number of pyridine rings is 1. The van der Waals surface area contributed by atoms with Gasteiger partial charge < -0.3 is 9.47 Å². The molecule has 152 valence electrons. The van der Waals surface area contributed by atoms with Crippen LogP contribution in [-0.2, 0) is 11.3 Å². The Morgan fingerprint density at radius 1 is 1.00 bits per heavy atom. The molecule has 1 aromatic heterocycles. The summed E-state index contributed by atoms with van der Waals surface area (Å²) in [6.45, 7) is 5.79. The van der Waals surface area contributed by atoms with Gasteiger partial charge in [0, 0.05) is 22.9 Å². The molecule has 0 atom stereocenters. The van der Waals surface area contributed by atoms with Gasteiger partial charge >= 0.3 is 0 Å². The van der Waals surface area contributed by atoms with Gasteiger partial charge in [0.1, 0.15) is 6.54 Å². The van der Waals surface area contributed by atoms with Crippen LogP contribution in [0.1, 0.15) is 26.7 Å². The van der Waals surface area contributed by atoms with Gasteiger partial charge in [0.05, 0.1) is 15.7 Å². The first-order valence-electron chi connectivity index (χ1n) is 9.82. The van der Waals surface area contributed by atoms with Crippen molar-refractivity contribution in [1.29, 1.82) is 0 Å². The minimum Gasteiger partial charge on any atom is -0.341 e. The van der Waals surface area contributed by atoms with E-state index in [9.17, 15) is 9.59 Å². The van der Waals surface area contributed by atoms with Crippen LogP contribution < -0.4 is 5.43 Å². The van der Waals surface area contributed by atoms with Crippen LogP contribution in [0.2, 0.25) is 0 Å².